The summed E-state index contributed by atoms with van der Waals surface area (Å²) in [6.07, 6.45) is 0. The lowest BCUT2D eigenvalue weighted by molar-refractivity contribution is 0.660. The number of hydrogen-bond acceptors (Lipinski definition) is 1. The van der Waals surface area contributed by atoms with Gasteiger partial charge in [-0.05, 0) is 74.5 Å². The fourth-order valence-corrected chi connectivity index (χ4v) is 5.06. The highest BCUT2D eigenvalue weighted by molar-refractivity contribution is 5.87. The summed E-state index contributed by atoms with van der Waals surface area (Å²) < 4.78 is 0. The number of benzene rings is 5. The molecule has 1 heteroatoms. The van der Waals surface area contributed by atoms with Crippen molar-refractivity contribution in [1.29, 1.82) is 0 Å². The molecule has 5 aromatic rings. The molecule has 1 aliphatic carbocycles. The van der Waals surface area contributed by atoms with Gasteiger partial charge >= 0.3 is 0 Å². The van der Waals surface area contributed by atoms with Gasteiger partial charge in [0, 0.05) is 16.8 Å². The van der Waals surface area contributed by atoms with E-state index in [4.69, 9.17) is 0 Å². The molecule has 0 bridgehead atoms. The fourth-order valence-electron chi connectivity index (χ4n) is 5.06. The Morgan fingerprint density at radius 3 is 2.00 bits per heavy atom. The molecule has 1 aliphatic rings. The SMILES string of the molecule is CC1(C)c2ccccc2-c2ccc(Nc3ccc(-c4ccc5ccccc5c4)cc3)cc21. The molecule has 0 radical (unpaired) electrons. The molecule has 0 unspecified atom stereocenters. The van der Waals surface area contributed by atoms with Crippen molar-refractivity contribution in [2.24, 2.45) is 0 Å². The van der Waals surface area contributed by atoms with Gasteiger partial charge < -0.3 is 5.32 Å². The van der Waals surface area contributed by atoms with Crippen LogP contribution in [-0.4, -0.2) is 0 Å². The summed E-state index contributed by atoms with van der Waals surface area (Å²) >= 11 is 0. The third-order valence-electron chi connectivity index (χ3n) is 6.84. The molecule has 1 nitrogen and oxygen atoms in total. The van der Waals surface area contributed by atoms with Crippen LogP contribution in [0.5, 0.6) is 0 Å². The minimum atomic E-state index is 0.0174. The van der Waals surface area contributed by atoms with E-state index in [0.717, 1.165) is 11.4 Å². The Labute approximate surface area is 189 Å². The molecule has 5 aromatic carbocycles. The fraction of sp³-hybridized carbons (Fsp3) is 0.0968. The first-order valence-corrected chi connectivity index (χ1v) is 11.2. The molecule has 0 spiro atoms. The summed E-state index contributed by atoms with van der Waals surface area (Å²) in [5.41, 5.74) is 10.2. The van der Waals surface area contributed by atoms with Gasteiger partial charge in [-0.1, -0.05) is 92.7 Å². The van der Waals surface area contributed by atoms with Crippen molar-refractivity contribution in [3.05, 3.63) is 120 Å². The van der Waals surface area contributed by atoms with E-state index < -0.39 is 0 Å². The van der Waals surface area contributed by atoms with Crippen LogP contribution in [0.3, 0.4) is 0 Å². The average Bonchev–Trinajstić information content (AvgIpc) is 3.06. The Bertz CT molecular complexity index is 1460. The molecule has 154 valence electrons. The number of hydrogen-bond donors (Lipinski definition) is 1. The van der Waals surface area contributed by atoms with Crippen LogP contribution in [0.4, 0.5) is 11.4 Å². The Morgan fingerprint density at radius 2 is 1.16 bits per heavy atom. The molecule has 32 heavy (non-hydrogen) atoms. The predicted molar refractivity (Wildman–Crippen MR) is 137 cm³/mol. The smallest absolute Gasteiger partial charge is 0.0387 e. The van der Waals surface area contributed by atoms with Gasteiger partial charge in [-0.2, -0.15) is 0 Å². The van der Waals surface area contributed by atoms with Crippen molar-refractivity contribution in [3.63, 3.8) is 0 Å². The summed E-state index contributed by atoms with van der Waals surface area (Å²) in [5.74, 6) is 0. The standard InChI is InChI=1S/C31H25N/c1-31(2)29-10-6-5-9-27(29)28-18-17-26(20-30(28)31)32-25-15-13-22(14-16-25)24-12-11-21-7-3-4-8-23(21)19-24/h3-20,32H,1-2H3. The van der Waals surface area contributed by atoms with E-state index in [1.165, 1.54) is 44.2 Å². The maximum absolute atomic E-state index is 3.61. The summed E-state index contributed by atoms with van der Waals surface area (Å²) in [4.78, 5) is 0. The second kappa shape index (κ2) is 7.10. The average molecular weight is 412 g/mol. The quantitative estimate of drug-likeness (QED) is 0.313. The highest BCUT2D eigenvalue weighted by atomic mass is 14.9. The first-order valence-electron chi connectivity index (χ1n) is 11.2. The highest BCUT2D eigenvalue weighted by Crippen LogP contribution is 2.49. The van der Waals surface area contributed by atoms with Gasteiger partial charge in [0.1, 0.15) is 0 Å². The first kappa shape index (κ1) is 18.9. The Kier molecular flexibility index (Phi) is 4.19. The predicted octanol–water partition coefficient (Wildman–Crippen LogP) is 8.56. The minimum absolute atomic E-state index is 0.0174. The maximum atomic E-state index is 3.61. The third-order valence-corrected chi connectivity index (χ3v) is 6.84. The molecule has 0 saturated carbocycles. The molecule has 6 rings (SSSR count). The van der Waals surface area contributed by atoms with Crippen molar-refractivity contribution in [1.82, 2.24) is 0 Å². The molecule has 0 fully saturated rings. The number of rotatable bonds is 3. The number of fused-ring (bicyclic) bond motifs is 4. The number of anilines is 2. The molecule has 1 N–H and O–H groups in total. The molecule has 0 amide bonds. The normalized spacial score (nSPS) is 13.6. The first-order chi connectivity index (χ1) is 15.6. The Morgan fingerprint density at radius 1 is 0.500 bits per heavy atom. The van der Waals surface area contributed by atoms with Gasteiger partial charge in [0.25, 0.3) is 0 Å². The summed E-state index contributed by atoms with van der Waals surface area (Å²) in [6.45, 7) is 4.64. The van der Waals surface area contributed by atoms with Gasteiger partial charge in [-0.25, -0.2) is 0 Å². The van der Waals surface area contributed by atoms with Crippen molar-refractivity contribution in [2.45, 2.75) is 19.3 Å². The van der Waals surface area contributed by atoms with Gasteiger partial charge in [-0.3, -0.25) is 0 Å². The lowest BCUT2D eigenvalue weighted by Crippen LogP contribution is -2.15. The van der Waals surface area contributed by atoms with Crippen LogP contribution in [0.15, 0.2) is 109 Å². The summed E-state index contributed by atoms with van der Waals surface area (Å²) in [7, 11) is 0. The van der Waals surface area contributed by atoms with E-state index in [0.29, 0.717) is 0 Å². The van der Waals surface area contributed by atoms with E-state index in [1.807, 2.05) is 0 Å². The topological polar surface area (TPSA) is 12.0 Å². The Balaban J connectivity index is 1.28. The molecule has 0 aromatic heterocycles. The van der Waals surface area contributed by atoms with Crippen LogP contribution >= 0.6 is 0 Å². The second-order valence-corrected chi connectivity index (χ2v) is 9.20. The summed E-state index contributed by atoms with van der Waals surface area (Å²) in [5, 5.41) is 6.15. The summed E-state index contributed by atoms with van der Waals surface area (Å²) in [6, 6.07) is 39.4. The van der Waals surface area contributed by atoms with E-state index in [9.17, 15) is 0 Å². The van der Waals surface area contributed by atoms with Crippen molar-refractivity contribution in [3.8, 4) is 22.3 Å². The molecule has 0 atom stereocenters. The van der Waals surface area contributed by atoms with Gasteiger partial charge in [0.2, 0.25) is 0 Å². The zero-order valence-corrected chi connectivity index (χ0v) is 18.4. The lowest BCUT2D eigenvalue weighted by Gasteiger charge is -2.22. The largest absolute Gasteiger partial charge is 0.356 e. The zero-order valence-electron chi connectivity index (χ0n) is 18.4. The number of nitrogens with one attached hydrogen (secondary N) is 1. The minimum Gasteiger partial charge on any atom is -0.356 e. The van der Waals surface area contributed by atoms with Crippen LogP contribution < -0.4 is 5.32 Å². The van der Waals surface area contributed by atoms with Crippen LogP contribution in [0.2, 0.25) is 0 Å². The second-order valence-electron chi connectivity index (χ2n) is 9.20. The zero-order chi connectivity index (χ0) is 21.7. The molecular weight excluding hydrogens is 386 g/mol. The van der Waals surface area contributed by atoms with Crippen molar-refractivity contribution in [2.75, 3.05) is 5.32 Å². The lowest BCUT2D eigenvalue weighted by atomic mass is 9.82. The van der Waals surface area contributed by atoms with E-state index in [1.54, 1.807) is 0 Å². The van der Waals surface area contributed by atoms with E-state index in [2.05, 4.69) is 128 Å². The van der Waals surface area contributed by atoms with Crippen molar-refractivity contribution < 1.29 is 0 Å². The molecular formula is C31H25N. The highest BCUT2D eigenvalue weighted by Gasteiger charge is 2.35. The molecule has 0 aliphatic heterocycles. The monoisotopic (exact) mass is 411 g/mol. The van der Waals surface area contributed by atoms with Crippen molar-refractivity contribution >= 4 is 22.1 Å². The maximum Gasteiger partial charge on any atom is 0.0387 e. The van der Waals surface area contributed by atoms with Gasteiger partial charge in [0.15, 0.2) is 0 Å². The third kappa shape index (κ3) is 3.01. The van der Waals surface area contributed by atoms with Gasteiger partial charge in [0.05, 0.1) is 0 Å². The van der Waals surface area contributed by atoms with Gasteiger partial charge in [-0.15, -0.1) is 0 Å². The Hall–Kier alpha value is -3.84. The van der Waals surface area contributed by atoms with Crippen LogP contribution in [0.25, 0.3) is 33.0 Å². The van der Waals surface area contributed by atoms with Crippen LogP contribution in [0, 0.1) is 0 Å². The van der Waals surface area contributed by atoms with E-state index >= 15 is 0 Å². The van der Waals surface area contributed by atoms with Crippen LogP contribution in [0.1, 0.15) is 25.0 Å². The molecule has 0 heterocycles. The molecule has 0 saturated heterocycles. The van der Waals surface area contributed by atoms with E-state index in [-0.39, 0.29) is 5.41 Å². The van der Waals surface area contributed by atoms with Crippen LogP contribution in [-0.2, 0) is 5.41 Å².